The molecule has 0 saturated heterocycles. The average Bonchev–Trinajstić information content (AvgIpc) is 2.44. The smallest absolute Gasteiger partial charge is 0.223 e. The Kier molecular flexibility index (Phi) is 6.29. The monoisotopic (exact) mass is 316 g/mol. The van der Waals surface area contributed by atoms with E-state index in [1.54, 1.807) is 14.0 Å². The van der Waals surface area contributed by atoms with E-state index in [1.165, 1.54) is 12.1 Å². The van der Waals surface area contributed by atoms with Crippen LogP contribution in [0.2, 0.25) is 0 Å². The number of carbonyl (C=O) groups excluding carboxylic acids is 1. The molecule has 118 valence electrons. The lowest BCUT2D eigenvalue weighted by atomic mass is 10.2. The Labute approximate surface area is 124 Å². The first-order chi connectivity index (χ1) is 9.76. The van der Waals surface area contributed by atoms with E-state index in [9.17, 15) is 17.6 Å². The summed E-state index contributed by atoms with van der Waals surface area (Å²) in [5.74, 6) is -1.80. The Balaban J connectivity index is 2.66. The van der Waals surface area contributed by atoms with Crippen molar-refractivity contribution in [2.45, 2.75) is 24.8 Å². The normalized spacial score (nSPS) is 14.5. The van der Waals surface area contributed by atoms with Gasteiger partial charge in [0, 0.05) is 18.5 Å². The van der Waals surface area contributed by atoms with Crippen molar-refractivity contribution in [3.63, 3.8) is 0 Å². The molecule has 0 aliphatic carbocycles. The minimum absolute atomic E-state index is 0.0205. The maximum Gasteiger partial charge on any atom is 0.223 e. The summed E-state index contributed by atoms with van der Waals surface area (Å²) in [5.41, 5.74) is 0. The summed E-state index contributed by atoms with van der Waals surface area (Å²) in [5, 5.41) is 5.66. The Hall–Kier alpha value is -1.47. The van der Waals surface area contributed by atoms with E-state index in [-0.39, 0.29) is 22.6 Å². The molecule has 0 aromatic heterocycles. The Morgan fingerprint density at radius 2 is 1.81 bits per heavy atom. The number of likely N-dealkylation sites (N-methyl/N-ethyl adjacent to an activating group) is 1. The number of benzene rings is 1. The second-order valence-electron chi connectivity index (χ2n) is 5.07. The molecule has 1 rings (SSSR count). The third kappa shape index (κ3) is 5.43. The van der Waals surface area contributed by atoms with Crippen LogP contribution in [0.5, 0.6) is 0 Å². The van der Waals surface area contributed by atoms with E-state index >= 15 is 0 Å². The second-order valence-corrected chi connectivity index (χ2v) is 7.11. The molecule has 7 heteroatoms. The van der Waals surface area contributed by atoms with Gasteiger partial charge in [-0.2, -0.15) is 0 Å². The van der Waals surface area contributed by atoms with Gasteiger partial charge in [-0.05, 0) is 38.2 Å². The molecule has 0 aliphatic rings. The number of rotatable bonds is 7. The van der Waals surface area contributed by atoms with E-state index in [0.29, 0.717) is 6.54 Å². The topological polar surface area (TPSA) is 75.3 Å². The summed E-state index contributed by atoms with van der Waals surface area (Å²) in [6.07, 6.45) is 0. The molecule has 1 aromatic carbocycles. The first-order valence-electron chi connectivity index (χ1n) is 6.69. The highest BCUT2D eigenvalue weighted by Gasteiger charge is 2.23. The van der Waals surface area contributed by atoms with Crippen molar-refractivity contribution in [3.05, 3.63) is 30.1 Å². The number of hydrogen-bond acceptors (Lipinski definition) is 4. The third-order valence-corrected chi connectivity index (χ3v) is 5.09. The molecule has 2 unspecified atom stereocenters. The molecular weight excluding hydrogens is 295 g/mol. The second kappa shape index (κ2) is 7.51. The number of carbonyl (C=O) groups is 1. The highest BCUT2D eigenvalue weighted by atomic mass is 32.2. The van der Waals surface area contributed by atoms with Crippen LogP contribution in [0.25, 0.3) is 0 Å². The molecular formula is C14H21FN2O3S. The number of amides is 1. The lowest BCUT2D eigenvalue weighted by Gasteiger charge is -2.15. The molecule has 2 N–H and O–H groups in total. The van der Waals surface area contributed by atoms with Gasteiger partial charge in [-0.25, -0.2) is 12.8 Å². The summed E-state index contributed by atoms with van der Waals surface area (Å²) >= 11 is 0. The van der Waals surface area contributed by atoms with Crippen LogP contribution < -0.4 is 10.6 Å². The zero-order valence-corrected chi connectivity index (χ0v) is 13.2. The predicted molar refractivity (Wildman–Crippen MR) is 79.1 cm³/mol. The van der Waals surface area contributed by atoms with Gasteiger partial charge < -0.3 is 10.6 Å². The van der Waals surface area contributed by atoms with E-state index in [1.807, 2.05) is 6.92 Å². The van der Waals surface area contributed by atoms with Crippen LogP contribution in [0.1, 0.15) is 13.8 Å². The first-order valence-corrected chi connectivity index (χ1v) is 8.34. The van der Waals surface area contributed by atoms with Crippen LogP contribution in [0, 0.1) is 11.7 Å². The van der Waals surface area contributed by atoms with Crippen LogP contribution >= 0.6 is 0 Å². The number of hydrogen-bond donors (Lipinski definition) is 2. The van der Waals surface area contributed by atoms with Gasteiger partial charge in [0.1, 0.15) is 5.82 Å². The largest absolute Gasteiger partial charge is 0.354 e. The van der Waals surface area contributed by atoms with Crippen molar-refractivity contribution in [2.75, 3.05) is 19.3 Å². The molecule has 0 radical (unpaired) electrons. The standard InChI is InChI=1S/C14H21FN2O3S/c1-10(14(18)17-8-11(2)16-3)9-21(19,20)13-6-4-12(15)5-7-13/h4-7,10-11,16H,8-9H2,1-3H3,(H,17,18). The number of sulfone groups is 1. The average molecular weight is 316 g/mol. The Bertz CT molecular complexity index is 572. The zero-order chi connectivity index (χ0) is 16.0. The van der Waals surface area contributed by atoms with Crippen molar-refractivity contribution in [2.24, 2.45) is 5.92 Å². The quantitative estimate of drug-likeness (QED) is 0.735. The minimum atomic E-state index is -3.61. The summed E-state index contributed by atoms with van der Waals surface area (Å²) in [6, 6.07) is 4.70. The van der Waals surface area contributed by atoms with E-state index in [0.717, 1.165) is 12.1 Å². The molecule has 0 spiro atoms. The maximum absolute atomic E-state index is 12.8. The highest BCUT2D eigenvalue weighted by molar-refractivity contribution is 7.91. The Morgan fingerprint density at radius 3 is 2.33 bits per heavy atom. The van der Waals surface area contributed by atoms with Crippen LogP contribution in [0.3, 0.4) is 0 Å². The van der Waals surface area contributed by atoms with Crippen LogP contribution in [-0.2, 0) is 14.6 Å². The van der Waals surface area contributed by atoms with Crippen LogP contribution in [0.15, 0.2) is 29.2 Å². The number of halogens is 1. The maximum atomic E-state index is 12.8. The fraction of sp³-hybridized carbons (Fsp3) is 0.500. The van der Waals surface area contributed by atoms with E-state index < -0.39 is 21.6 Å². The lowest BCUT2D eigenvalue weighted by molar-refractivity contribution is -0.123. The fourth-order valence-corrected chi connectivity index (χ4v) is 3.23. The minimum Gasteiger partial charge on any atom is -0.354 e. The molecule has 0 heterocycles. The Morgan fingerprint density at radius 1 is 1.24 bits per heavy atom. The third-order valence-electron chi connectivity index (χ3n) is 3.17. The predicted octanol–water partition coefficient (Wildman–Crippen LogP) is 0.960. The van der Waals surface area contributed by atoms with Gasteiger partial charge in [-0.3, -0.25) is 4.79 Å². The highest BCUT2D eigenvalue weighted by Crippen LogP contribution is 2.15. The molecule has 1 amide bonds. The van der Waals surface area contributed by atoms with Crippen LogP contribution in [-0.4, -0.2) is 39.7 Å². The van der Waals surface area contributed by atoms with E-state index in [4.69, 9.17) is 0 Å². The SMILES string of the molecule is CNC(C)CNC(=O)C(C)CS(=O)(=O)c1ccc(F)cc1. The van der Waals surface area contributed by atoms with Crippen molar-refractivity contribution >= 4 is 15.7 Å². The van der Waals surface area contributed by atoms with Crippen LogP contribution in [0.4, 0.5) is 4.39 Å². The van der Waals surface area contributed by atoms with Gasteiger partial charge in [-0.1, -0.05) is 6.92 Å². The van der Waals surface area contributed by atoms with Gasteiger partial charge in [-0.15, -0.1) is 0 Å². The summed E-state index contributed by atoms with van der Waals surface area (Å²) in [4.78, 5) is 11.9. The van der Waals surface area contributed by atoms with Gasteiger partial charge in [0.15, 0.2) is 9.84 Å². The molecule has 0 saturated carbocycles. The summed E-state index contributed by atoms with van der Waals surface area (Å²) in [6.45, 7) is 3.89. The molecule has 2 atom stereocenters. The summed E-state index contributed by atoms with van der Waals surface area (Å²) < 4.78 is 37.1. The van der Waals surface area contributed by atoms with E-state index in [2.05, 4.69) is 10.6 Å². The fourth-order valence-electron chi connectivity index (χ4n) is 1.67. The first kappa shape index (κ1) is 17.6. The zero-order valence-electron chi connectivity index (χ0n) is 12.4. The molecule has 0 bridgehead atoms. The summed E-state index contributed by atoms with van der Waals surface area (Å²) in [7, 11) is -1.83. The lowest BCUT2D eigenvalue weighted by Crippen LogP contribution is -2.40. The van der Waals surface area contributed by atoms with Gasteiger partial charge in [0.2, 0.25) is 5.91 Å². The molecule has 5 nitrogen and oxygen atoms in total. The van der Waals surface area contributed by atoms with Crippen molar-refractivity contribution in [1.82, 2.24) is 10.6 Å². The van der Waals surface area contributed by atoms with Gasteiger partial charge in [0.05, 0.1) is 10.6 Å². The van der Waals surface area contributed by atoms with Crippen molar-refractivity contribution in [1.29, 1.82) is 0 Å². The molecule has 1 aromatic rings. The van der Waals surface area contributed by atoms with Crippen molar-refractivity contribution in [3.8, 4) is 0 Å². The van der Waals surface area contributed by atoms with Gasteiger partial charge in [0.25, 0.3) is 0 Å². The molecule has 0 aliphatic heterocycles. The molecule has 21 heavy (non-hydrogen) atoms. The number of nitrogens with one attached hydrogen (secondary N) is 2. The molecule has 0 fully saturated rings. The van der Waals surface area contributed by atoms with Gasteiger partial charge >= 0.3 is 0 Å². The van der Waals surface area contributed by atoms with Crippen molar-refractivity contribution < 1.29 is 17.6 Å².